The topological polar surface area (TPSA) is 81.4 Å². The molecular formula is C12H19ClN2O3S. The lowest BCUT2D eigenvalue weighted by molar-refractivity contribution is 0.288. The van der Waals surface area contributed by atoms with Crippen LogP contribution in [0.2, 0.25) is 0 Å². The van der Waals surface area contributed by atoms with E-state index in [1.807, 2.05) is 0 Å². The molecule has 0 fully saturated rings. The van der Waals surface area contributed by atoms with E-state index in [0.717, 1.165) is 24.2 Å². The number of aryl methyl sites for hydroxylation is 1. The molecular weight excluding hydrogens is 288 g/mol. The highest BCUT2D eigenvalue weighted by Crippen LogP contribution is 2.27. The molecule has 1 aliphatic heterocycles. The third kappa shape index (κ3) is 4.07. The number of nitrogens with one attached hydrogen (secondary N) is 1. The van der Waals surface area contributed by atoms with Crippen molar-refractivity contribution < 1.29 is 13.2 Å². The third-order valence-corrected chi connectivity index (χ3v) is 4.32. The molecule has 5 nitrogen and oxygen atoms in total. The highest BCUT2D eigenvalue weighted by molar-refractivity contribution is 7.89. The molecule has 1 aliphatic rings. The molecule has 0 bridgehead atoms. The number of hydrogen-bond donors (Lipinski definition) is 2. The van der Waals surface area contributed by atoms with Gasteiger partial charge in [0.05, 0.1) is 11.5 Å². The largest absolute Gasteiger partial charge is 0.493 e. The Labute approximate surface area is 120 Å². The van der Waals surface area contributed by atoms with Crippen molar-refractivity contribution in [2.45, 2.75) is 24.2 Å². The van der Waals surface area contributed by atoms with Crippen molar-refractivity contribution >= 4 is 22.4 Å². The third-order valence-electron chi connectivity index (χ3n) is 2.86. The number of nitrogens with two attached hydrogens (primary N) is 1. The fraction of sp³-hybridized carbons (Fsp3) is 0.500. The molecule has 19 heavy (non-hydrogen) atoms. The predicted molar refractivity (Wildman–Crippen MR) is 76.4 cm³/mol. The van der Waals surface area contributed by atoms with Gasteiger partial charge in [0.25, 0.3) is 0 Å². The van der Waals surface area contributed by atoms with Gasteiger partial charge >= 0.3 is 0 Å². The Morgan fingerprint density at radius 2 is 2.16 bits per heavy atom. The summed E-state index contributed by atoms with van der Waals surface area (Å²) in [6, 6.07) is 5.00. The molecule has 1 aromatic carbocycles. The average molecular weight is 307 g/mol. The molecule has 1 aromatic rings. The summed E-state index contributed by atoms with van der Waals surface area (Å²) >= 11 is 0. The Balaban J connectivity index is 0.00000180. The first kappa shape index (κ1) is 16.2. The van der Waals surface area contributed by atoms with E-state index in [1.165, 1.54) is 0 Å². The van der Waals surface area contributed by atoms with Crippen LogP contribution in [0.3, 0.4) is 0 Å². The predicted octanol–water partition coefficient (Wildman–Crippen LogP) is 1.06. The SMILES string of the molecule is Cl.NCCCNS(=O)(=O)c1ccc2c(c1)CCCO2. The Morgan fingerprint density at radius 3 is 2.89 bits per heavy atom. The van der Waals surface area contributed by atoms with Crippen molar-refractivity contribution in [2.75, 3.05) is 19.7 Å². The first-order chi connectivity index (χ1) is 8.63. The van der Waals surface area contributed by atoms with Crippen LogP contribution in [0.4, 0.5) is 0 Å². The van der Waals surface area contributed by atoms with Gasteiger partial charge < -0.3 is 10.5 Å². The zero-order chi connectivity index (χ0) is 13.0. The minimum absolute atomic E-state index is 0. The van der Waals surface area contributed by atoms with Gasteiger partial charge in [0.1, 0.15) is 5.75 Å². The minimum atomic E-state index is -3.43. The Hall–Kier alpha value is -0.820. The van der Waals surface area contributed by atoms with Crippen molar-refractivity contribution in [3.05, 3.63) is 23.8 Å². The van der Waals surface area contributed by atoms with Crippen LogP contribution in [0.25, 0.3) is 0 Å². The lowest BCUT2D eigenvalue weighted by Gasteiger charge is -2.18. The molecule has 0 aromatic heterocycles. The maximum atomic E-state index is 12.0. The smallest absolute Gasteiger partial charge is 0.240 e. The average Bonchev–Trinajstić information content (AvgIpc) is 2.38. The van der Waals surface area contributed by atoms with Crippen LogP contribution in [0.1, 0.15) is 18.4 Å². The van der Waals surface area contributed by atoms with E-state index in [0.29, 0.717) is 31.0 Å². The second-order valence-electron chi connectivity index (χ2n) is 4.26. The van der Waals surface area contributed by atoms with Gasteiger partial charge in [-0.3, -0.25) is 0 Å². The number of rotatable bonds is 5. The van der Waals surface area contributed by atoms with Crippen molar-refractivity contribution in [2.24, 2.45) is 5.73 Å². The normalized spacial score (nSPS) is 14.2. The van der Waals surface area contributed by atoms with Crippen molar-refractivity contribution in [1.29, 1.82) is 0 Å². The monoisotopic (exact) mass is 306 g/mol. The lowest BCUT2D eigenvalue weighted by atomic mass is 10.1. The van der Waals surface area contributed by atoms with Gasteiger partial charge in [-0.1, -0.05) is 0 Å². The van der Waals surface area contributed by atoms with Gasteiger partial charge in [-0.05, 0) is 49.6 Å². The molecule has 0 spiro atoms. The van der Waals surface area contributed by atoms with E-state index in [9.17, 15) is 8.42 Å². The van der Waals surface area contributed by atoms with Crippen molar-refractivity contribution in [3.8, 4) is 5.75 Å². The van der Waals surface area contributed by atoms with Gasteiger partial charge in [-0.25, -0.2) is 13.1 Å². The van der Waals surface area contributed by atoms with Crippen LogP contribution in [0.5, 0.6) is 5.75 Å². The molecule has 0 aliphatic carbocycles. The lowest BCUT2D eigenvalue weighted by Crippen LogP contribution is -2.26. The van der Waals surface area contributed by atoms with Gasteiger partial charge in [-0.15, -0.1) is 12.4 Å². The van der Waals surface area contributed by atoms with Crippen LogP contribution in [0.15, 0.2) is 23.1 Å². The van der Waals surface area contributed by atoms with Crippen LogP contribution >= 0.6 is 12.4 Å². The molecule has 2 rings (SSSR count). The summed E-state index contributed by atoms with van der Waals surface area (Å²) in [6.45, 7) is 1.54. The van der Waals surface area contributed by atoms with Gasteiger partial charge in [-0.2, -0.15) is 0 Å². The molecule has 0 radical (unpaired) electrons. The summed E-state index contributed by atoms with van der Waals surface area (Å²) in [6.07, 6.45) is 2.42. The summed E-state index contributed by atoms with van der Waals surface area (Å²) < 4.78 is 32.0. The maximum Gasteiger partial charge on any atom is 0.240 e. The number of halogens is 1. The summed E-state index contributed by atoms with van der Waals surface area (Å²) in [4.78, 5) is 0.295. The van der Waals surface area contributed by atoms with Gasteiger partial charge in [0.15, 0.2) is 0 Å². The number of sulfonamides is 1. The van der Waals surface area contributed by atoms with E-state index >= 15 is 0 Å². The van der Waals surface area contributed by atoms with E-state index in [4.69, 9.17) is 10.5 Å². The standard InChI is InChI=1S/C12H18N2O3S.ClH/c13-6-2-7-14-18(15,16)11-4-5-12-10(9-11)3-1-8-17-12;/h4-5,9,14H,1-3,6-8,13H2;1H. The zero-order valence-corrected chi connectivity index (χ0v) is 12.2. The second kappa shape index (κ2) is 7.09. The van der Waals surface area contributed by atoms with E-state index in [-0.39, 0.29) is 12.4 Å². The molecule has 3 N–H and O–H groups in total. The molecule has 0 amide bonds. The molecule has 7 heteroatoms. The van der Waals surface area contributed by atoms with Crippen molar-refractivity contribution in [3.63, 3.8) is 0 Å². The Morgan fingerprint density at radius 1 is 1.37 bits per heavy atom. The molecule has 0 saturated carbocycles. The zero-order valence-electron chi connectivity index (χ0n) is 10.6. The first-order valence-corrected chi connectivity index (χ1v) is 7.57. The number of ether oxygens (including phenoxy) is 1. The quantitative estimate of drug-likeness (QED) is 0.797. The summed E-state index contributed by atoms with van der Waals surface area (Å²) in [7, 11) is -3.43. The van der Waals surface area contributed by atoms with Crippen molar-refractivity contribution in [1.82, 2.24) is 4.72 Å². The van der Waals surface area contributed by atoms with Gasteiger partial charge in [0.2, 0.25) is 10.0 Å². The van der Waals surface area contributed by atoms with Gasteiger partial charge in [0, 0.05) is 6.54 Å². The second-order valence-corrected chi connectivity index (χ2v) is 6.03. The minimum Gasteiger partial charge on any atom is -0.493 e. The molecule has 0 atom stereocenters. The summed E-state index contributed by atoms with van der Waals surface area (Å²) in [5.41, 5.74) is 6.30. The summed E-state index contributed by atoms with van der Waals surface area (Å²) in [5, 5.41) is 0. The highest BCUT2D eigenvalue weighted by Gasteiger charge is 2.17. The summed E-state index contributed by atoms with van der Waals surface area (Å²) in [5.74, 6) is 0.794. The maximum absolute atomic E-state index is 12.0. The van der Waals surface area contributed by atoms with Crippen LogP contribution in [0, 0.1) is 0 Å². The number of hydrogen-bond acceptors (Lipinski definition) is 4. The molecule has 108 valence electrons. The molecule has 0 unspecified atom stereocenters. The van der Waals surface area contributed by atoms with Crippen LogP contribution < -0.4 is 15.2 Å². The highest BCUT2D eigenvalue weighted by atomic mass is 35.5. The fourth-order valence-corrected chi connectivity index (χ4v) is 3.02. The van der Waals surface area contributed by atoms with Crippen LogP contribution in [-0.2, 0) is 16.4 Å². The number of benzene rings is 1. The van der Waals surface area contributed by atoms with E-state index in [2.05, 4.69) is 4.72 Å². The molecule has 1 heterocycles. The first-order valence-electron chi connectivity index (χ1n) is 6.09. The van der Waals surface area contributed by atoms with E-state index < -0.39 is 10.0 Å². The van der Waals surface area contributed by atoms with Crippen LogP contribution in [-0.4, -0.2) is 28.1 Å². The fourth-order valence-electron chi connectivity index (χ4n) is 1.90. The number of fused-ring (bicyclic) bond motifs is 1. The Bertz CT molecular complexity index is 520. The molecule has 0 saturated heterocycles. The Kier molecular flexibility index (Phi) is 6.06. The van der Waals surface area contributed by atoms with E-state index in [1.54, 1.807) is 18.2 Å².